The first-order valence-electron chi connectivity index (χ1n) is 6.96. The molecule has 0 bridgehead atoms. The zero-order valence-electron chi connectivity index (χ0n) is 12.3. The highest BCUT2D eigenvalue weighted by atomic mass is 79.9. The number of hydrogen-bond acceptors (Lipinski definition) is 1. The Morgan fingerprint density at radius 3 is 2.52 bits per heavy atom. The first-order valence-corrected chi connectivity index (χ1v) is 7.76. The Bertz CT molecular complexity index is 700. The molecule has 0 aliphatic heterocycles. The third kappa shape index (κ3) is 5.10. The lowest BCUT2D eigenvalue weighted by atomic mass is 10.1. The molecule has 0 heterocycles. The lowest BCUT2D eigenvalue weighted by Crippen LogP contribution is -2.28. The van der Waals surface area contributed by atoms with Gasteiger partial charge >= 0.3 is 6.18 Å². The molecule has 0 aromatic heterocycles. The number of amides is 1. The molecule has 23 heavy (non-hydrogen) atoms. The van der Waals surface area contributed by atoms with Gasteiger partial charge in [-0.15, -0.1) is 0 Å². The van der Waals surface area contributed by atoms with Crippen molar-refractivity contribution in [3.63, 3.8) is 0 Å². The van der Waals surface area contributed by atoms with E-state index in [4.69, 9.17) is 0 Å². The molecule has 0 fully saturated rings. The van der Waals surface area contributed by atoms with Crippen molar-refractivity contribution < 1.29 is 18.0 Å². The Kier molecular flexibility index (Phi) is 5.46. The van der Waals surface area contributed by atoms with Crippen molar-refractivity contribution in [2.45, 2.75) is 25.6 Å². The van der Waals surface area contributed by atoms with E-state index in [0.717, 1.165) is 22.2 Å². The summed E-state index contributed by atoms with van der Waals surface area (Å²) in [4.78, 5) is 12.0. The second-order valence-electron chi connectivity index (χ2n) is 5.22. The van der Waals surface area contributed by atoms with Gasteiger partial charge in [-0.25, -0.2) is 0 Å². The average Bonchev–Trinajstić information content (AvgIpc) is 2.46. The summed E-state index contributed by atoms with van der Waals surface area (Å²) in [5.41, 5.74) is 0.498. The molecule has 2 aromatic carbocycles. The van der Waals surface area contributed by atoms with Crippen LogP contribution in [0.3, 0.4) is 0 Å². The van der Waals surface area contributed by atoms with Gasteiger partial charge in [0.2, 0.25) is 5.91 Å². The molecule has 0 unspecified atom stereocenters. The monoisotopic (exact) mass is 385 g/mol. The van der Waals surface area contributed by atoms with Crippen LogP contribution in [0.25, 0.3) is 0 Å². The van der Waals surface area contributed by atoms with E-state index >= 15 is 0 Å². The van der Waals surface area contributed by atoms with Crippen LogP contribution in [0.1, 0.15) is 29.7 Å². The van der Waals surface area contributed by atoms with Gasteiger partial charge in [0, 0.05) is 4.47 Å². The molecule has 0 saturated carbocycles. The Morgan fingerprint density at radius 2 is 1.87 bits per heavy atom. The molecule has 0 saturated heterocycles. The molecule has 6 heteroatoms. The third-order valence-electron chi connectivity index (χ3n) is 3.35. The SMILES string of the molecule is C[C@H](NC(=O)Cc1cccc(C(F)(F)F)c1)c1cccc(Br)c1. The van der Waals surface area contributed by atoms with Crippen molar-refractivity contribution >= 4 is 21.8 Å². The first-order chi connectivity index (χ1) is 10.8. The van der Waals surface area contributed by atoms with Crippen molar-refractivity contribution in [1.29, 1.82) is 0 Å². The zero-order valence-corrected chi connectivity index (χ0v) is 13.9. The average molecular weight is 386 g/mol. The Labute approximate surface area is 140 Å². The normalized spacial score (nSPS) is 12.7. The molecule has 2 rings (SSSR count). The van der Waals surface area contributed by atoms with E-state index < -0.39 is 11.7 Å². The molecule has 1 N–H and O–H groups in total. The molecule has 1 atom stereocenters. The van der Waals surface area contributed by atoms with Crippen molar-refractivity contribution in [3.8, 4) is 0 Å². The summed E-state index contributed by atoms with van der Waals surface area (Å²) in [6.07, 6.45) is -4.50. The predicted molar refractivity (Wildman–Crippen MR) is 85.8 cm³/mol. The van der Waals surface area contributed by atoms with Crippen LogP contribution in [-0.4, -0.2) is 5.91 Å². The van der Waals surface area contributed by atoms with Crippen molar-refractivity contribution in [3.05, 3.63) is 69.7 Å². The summed E-state index contributed by atoms with van der Waals surface area (Å²) >= 11 is 3.36. The second kappa shape index (κ2) is 7.17. The van der Waals surface area contributed by atoms with Crippen LogP contribution in [0.5, 0.6) is 0 Å². The highest BCUT2D eigenvalue weighted by Crippen LogP contribution is 2.29. The van der Waals surface area contributed by atoms with Crippen LogP contribution < -0.4 is 5.32 Å². The van der Waals surface area contributed by atoms with E-state index in [1.807, 2.05) is 31.2 Å². The topological polar surface area (TPSA) is 29.1 Å². The number of halogens is 4. The van der Waals surface area contributed by atoms with E-state index in [-0.39, 0.29) is 18.4 Å². The maximum Gasteiger partial charge on any atom is 0.416 e. The van der Waals surface area contributed by atoms with E-state index in [9.17, 15) is 18.0 Å². The summed E-state index contributed by atoms with van der Waals surface area (Å²) in [6, 6.07) is 12.1. The van der Waals surface area contributed by atoms with Gasteiger partial charge in [-0.2, -0.15) is 13.2 Å². The van der Waals surface area contributed by atoms with Gasteiger partial charge in [-0.1, -0.05) is 46.3 Å². The number of hydrogen-bond donors (Lipinski definition) is 1. The van der Waals surface area contributed by atoms with Crippen LogP contribution in [0.15, 0.2) is 53.0 Å². The molecule has 0 spiro atoms. The van der Waals surface area contributed by atoms with Gasteiger partial charge in [-0.05, 0) is 36.2 Å². The van der Waals surface area contributed by atoms with Gasteiger partial charge in [0.05, 0.1) is 18.0 Å². The molecular weight excluding hydrogens is 371 g/mol. The van der Waals surface area contributed by atoms with Crippen molar-refractivity contribution in [2.24, 2.45) is 0 Å². The van der Waals surface area contributed by atoms with Crippen LogP contribution in [0.2, 0.25) is 0 Å². The number of nitrogens with one attached hydrogen (secondary N) is 1. The minimum atomic E-state index is -4.41. The number of carbonyl (C=O) groups is 1. The maximum absolute atomic E-state index is 12.7. The minimum Gasteiger partial charge on any atom is -0.349 e. The largest absolute Gasteiger partial charge is 0.416 e. The lowest BCUT2D eigenvalue weighted by Gasteiger charge is -2.15. The van der Waals surface area contributed by atoms with Gasteiger partial charge in [0.15, 0.2) is 0 Å². The molecule has 2 aromatic rings. The van der Waals surface area contributed by atoms with Gasteiger partial charge < -0.3 is 5.32 Å². The summed E-state index contributed by atoms with van der Waals surface area (Å²) < 4.78 is 38.9. The number of rotatable bonds is 4. The molecule has 2 nitrogen and oxygen atoms in total. The van der Waals surface area contributed by atoms with E-state index in [1.54, 1.807) is 0 Å². The fourth-order valence-corrected chi connectivity index (χ4v) is 2.61. The van der Waals surface area contributed by atoms with Gasteiger partial charge in [-0.3, -0.25) is 4.79 Å². The van der Waals surface area contributed by atoms with Gasteiger partial charge in [0.25, 0.3) is 0 Å². The molecule has 1 amide bonds. The zero-order chi connectivity index (χ0) is 17.0. The third-order valence-corrected chi connectivity index (χ3v) is 3.84. The quantitative estimate of drug-likeness (QED) is 0.797. The second-order valence-corrected chi connectivity index (χ2v) is 6.13. The Morgan fingerprint density at radius 1 is 1.17 bits per heavy atom. The highest BCUT2D eigenvalue weighted by molar-refractivity contribution is 9.10. The van der Waals surface area contributed by atoms with Crippen LogP contribution in [-0.2, 0) is 17.4 Å². The first kappa shape index (κ1) is 17.5. The number of carbonyl (C=O) groups excluding carboxylic acids is 1. The van der Waals surface area contributed by atoms with E-state index in [2.05, 4.69) is 21.2 Å². The van der Waals surface area contributed by atoms with Crippen LogP contribution in [0, 0.1) is 0 Å². The maximum atomic E-state index is 12.7. The Hall–Kier alpha value is -1.82. The summed E-state index contributed by atoms with van der Waals surface area (Å²) in [7, 11) is 0. The molecule has 0 radical (unpaired) electrons. The summed E-state index contributed by atoms with van der Waals surface area (Å²) in [6.45, 7) is 1.83. The molecule has 0 aliphatic carbocycles. The summed E-state index contributed by atoms with van der Waals surface area (Å²) in [5, 5.41) is 2.79. The van der Waals surface area contributed by atoms with Gasteiger partial charge in [0.1, 0.15) is 0 Å². The molecule has 122 valence electrons. The number of alkyl halides is 3. The predicted octanol–water partition coefficient (Wildman–Crippen LogP) is 4.89. The van der Waals surface area contributed by atoms with E-state index in [0.29, 0.717) is 5.56 Å². The minimum absolute atomic E-state index is 0.0950. The molecule has 0 aliphatic rings. The molecular formula is C17H15BrF3NO. The van der Waals surface area contributed by atoms with Crippen molar-refractivity contribution in [1.82, 2.24) is 5.32 Å². The standard InChI is InChI=1S/C17H15BrF3NO/c1-11(13-5-3-7-15(18)10-13)22-16(23)9-12-4-2-6-14(8-12)17(19,20)21/h2-8,10-11H,9H2,1H3,(H,22,23)/t11-/m0/s1. The number of benzene rings is 2. The van der Waals surface area contributed by atoms with Crippen LogP contribution in [0.4, 0.5) is 13.2 Å². The lowest BCUT2D eigenvalue weighted by molar-refractivity contribution is -0.137. The van der Waals surface area contributed by atoms with E-state index in [1.165, 1.54) is 12.1 Å². The Balaban J connectivity index is 2.02. The summed E-state index contributed by atoms with van der Waals surface area (Å²) in [5.74, 6) is -0.322. The smallest absolute Gasteiger partial charge is 0.349 e. The van der Waals surface area contributed by atoms with Crippen LogP contribution >= 0.6 is 15.9 Å². The highest BCUT2D eigenvalue weighted by Gasteiger charge is 2.30. The fraction of sp³-hybridized carbons (Fsp3) is 0.235. The fourth-order valence-electron chi connectivity index (χ4n) is 2.19. The van der Waals surface area contributed by atoms with Crippen molar-refractivity contribution in [2.75, 3.05) is 0 Å².